The summed E-state index contributed by atoms with van der Waals surface area (Å²) >= 11 is 1.42. The molecule has 2 rings (SSSR count). The maximum Gasteiger partial charge on any atom is 0.502 e. The molecule has 0 N–H and O–H groups in total. The zero-order valence-electron chi connectivity index (χ0n) is 10.0. The molecule has 0 radical (unpaired) electrons. The van der Waals surface area contributed by atoms with E-state index < -0.39 is 0 Å². The number of allylic oxidation sites excluding steroid dienone is 1. The Morgan fingerprint density at radius 3 is 3.06 bits per heavy atom. The van der Waals surface area contributed by atoms with Gasteiger partial charge in [0.05, 0.1) is 0 Å². The lowest BCUT2D eigenvalue weighted by Gasteiger charge is -2.22. The van der Waals surface area contributed by atoms with Crippen LogP contribution in [0.15, 0.2) is 24.1 Å². The first-order valence-corrected chi connectivity index (χ1v) is 6.47. The third-order valence-corrected chi connectivity index (χ3v) is 3.72. The Balaban J connectivity index is 2.43. The molecule has 5 heteroatoms. The van der Waals surface area contributed by atoms with E-state index in [1.54, 1.807) is 17.6 Å². The van der Waals surface area contributed by atoms with Crippen molar-refractivity contribution in [3.8, 4) is 11.8 Å². The first-order valence-electron chi connectivity index (χ1n) is 5.53. The van der Waals surface area contributed by atoms with E-state index in [0.717, 1.165) is 5.71 Å². The zero-order chi connectivity index (χ0) is 13.1. The smallest absolute Gasteiger partial charge is 0.245 e. The molecule has 0 aromatic heterocycles. The van der Waals surface area contributed by atoms with Crippen LogP contribution >= 0.6 is 11.8 Å². The molecule has 2 aliphatic heterocycles. The molecule has 92 valence electrons. The highest BCUT2D eigenvalue weighted by molar-refractivity contribution is 8.04. The summed E-state index contributed by atoms with van der Waals surface area (Å²) in [6.07, 6.45) is 3.37. The maximum absolute atomic E-state index is 12.2. The first-order chi connectivity index (χ1) is 8.70. The van der Waals surface area contributed by atoms with Crippen molar-refractivity contribution in [3.63, 3.8) is 0 Å². The molecule has 0 spiro atoms. The topological polar surface area (TPSA) is 40.4 Å². The predicted molar refractivity (Wildman–Crippen MR) is 71.4 cm³/mol. The lowest BCUT2D eigenvalue weighted by atomic mass is 10.2. The van der Waals surface area contributed by atoms with Gasteiger partial charge in [-0.25, -0.2) is 4.79 Å². The minimum absolute atomic E-state index is 0.175. The van der Waals surface area contributed by atoms with Gasteiger partial charge in [-0.2, -0.15) is 14.3 Å². The molecule has 3 amide bonds. The minimum atomic E-state index is -0.318. The fourth-order valence-electron chi connectivity index (χ4n) is 1.87. The van der Waals surface area contributed by atoms with E-state index in [-0.39, 0.29) is 23.7 Å². The molecule has 18 heavy (non-hydrogen) atoms. The van der Waals surface area contributed by atoms with Crippen LogP contribution in [0.5, 0.6) is 0 Å². The Kier molecular flexibility index (Phi) is 3.68. The minimum Gasteiger partial charge on any atom is -0.245 e. The van der Waals surface area contributed by atoms with E-state index in [1.807, 2.05) is 11.5 Å². The fraction of sp³-hybridized carbons (Fsp3) is 0.308. The van der Waals surface area contributed by atoms with Gasteiger partial charge >= 0.3 is 11.9 Å². The van der Waals surface area contributed by atoms with E-state index in [9.17, 15) is 9.59 Å². The zero-order valence-corrected chi connectivity index (χ0v) is 10.9. The van der Waals surface area contributed by atoms with E-state index in [0.29, 0.717) is 6.54 Å². The number of fused-ring (bicyclic) bond motifs is 1. The summed E-state index contributed by atoms with van der Waals surface area (Å²) in [5.74, 6) is 5.45. The molecular formula is C13H13N2O2S+. The van der Waals surface area contributed by atoms with Crippen LogP contribution in [0.2, 0.25) is 0 Å². The number of amides is 3. The molecule has 1 unspecified atom stereocenters. The molecule has 2 aliphatic rings. The molecular weight excluding hydrogens is 248 g/mol. The van der Waals surface area contributed by atoms with Gasteiger partial charge in [-0.15, -0.1) is 17.7 Å². The maximum atomic E-state index is 12.2. The Morgan fingerprint density at radius 2 is 2.39 bits per heavy atom. The molecule has 0 bridgehead atoms. The highest BCUT2D eigenvalue weighted by atomic mass is 32.2. The molecule has 4 nitrogen and oxygen atoms in total. The van der Waals surface area contributed by atoms with E-state index >= 15 is 0 Å². The van der Waals surface area contributed by atoms with Crippen LogP contribution in [0, 0.1) is 11.8 Å². The van der Waals surface area contributed by atoms with Crippen LogP contribution in [-0.4, -0.2) is 45.5 Å². The van der Waals surface area contributed by atoms with Gasteiger partial charge in [0.2, 0.25) is 0 Å². The highest BCUT2D eigenvalue weighted by Crippen LogP contribution is 2.27. The molecule has 2 heterocycles. The number of nitrogens with zero attached hydrogens (tertiary/aromatic N) is 2. The quantitative estimate of drug-likeness (QED) is 0.436. The number of urea groups is 1. The van der Waals surface area contributed by atoms with Crippen LogP contribution in [0.4, 0.5) is 4.79 Å². The summed E-state index contributed by atoms with van der Waals surface area (Å²) in [5, 5.41) is 1.52. The molecule has 0 aliphatic carbocycles. The van der Waals surface area contributed by atoms with Crippen molar-refractivity contribution in [3.05, 3.63) is 24.1 Å². The Morgan fingerprint density at radius 1 is 1.61 bits per heavy atom. The predicted octanol–water partition coefficient (Wildman–Crippen LogP) is 1.24. The van der Waals surface area contributed by atoms with Crippen LogP contribution in [0.25, 0.3) is 0 Å². The Bertz CT molecular complexity index is 537. The average molecular weight is 261 g/mol. The largest absolute Gasteiger partial charge is 0.502 e. The number of hydrogen-bond acceptors (Lipinski definition) is 3. The lowest BCUT2D eigenvalue weighted by molar-refractivity contribution is -0.423. The SMILES string of the molecule is C=CCN1C(=O)C2SC=CC2=[N+](CC#CC)C1=O. The lowest BCUT2D eigenvalue weighted by Crippen LogP contribution is -2.55. The second kappa shape index (κ2) is 5.23. The summed E-state index contributed by atoms with van der Waals surface area (Å²) in [6.45, 7) is 5.85. The van der Waals surface area contributed by atoms with E-state index in [1.165, 1.54) is 16.7 Å². The number of carbonyl (C=O) groups is 2. The highest BCUT2D eigenvalue weighted by Gasteiger charge is 2.48. The summed E-state index contributed by atoms with van der Waals surface area (Å²) in [7, 11) is 0. The summed E-state index contributed by atoms with van der Waals surface area (Å²) in [5.41, 5.74) is 0.734. The van der Waals surface area contributed by atoms with Gasteiger partial charge in [0.1, 0.15) is 12.3 Å². The van der Waals surface area contributed by atoms with E-state index in [4.69, 9.17) is 0 Å². The van der Waals surface area contributed by atoms with Crippen molar-refractivity contribution in [1.29, 1.82) is 0 Å². The van der Waals surface area contributed by atoms with Crippen molar-refractivity contribution in [1.82, 2.24) is 4.90 Å². The van der Waals surface area contributed by atoms with Crippen molar-refractivity contribution in [2.75, 3.05) is 13.1 Å². The van der Waals surface area contributed by atoms with Gasteiger partial charge in [0.25, 0.3) is 0 Å². The number of thioether (sulfide) groups is 1. The average Bonchev–Trinajstić information content (AvgIpc) is 2.84. The molecule has 0 saturated heterocycles. The van der Waals surface area contributed by atoms with Gasteiger partial charge in [-0.05, 0) is 18.4 Å². The van der Waals surface area contributed by atoms with Crippen LogP contribution in [0.3, 0.4) is 0 Å². The second-order valence-electron chi connectivity index (χ2n) is 3.78. The second-order valence-corrected chi connectivity index (χ2v) is 4.79. The monoisotopic (exact) mass is 261 g/mol. The molecule has 0 aromatic rings. The van der Waals surface area contributed by atoms with Crippen LogP contribution < -0.4 is 0 Å². The molecule has 0 fully saturated rings. The molecule has 0 aromatic carbocycles. The fourth-order valence-corrected chi connectivity index (χ4v) is 2.83. The van der Waals surface area contributed by atoms with Crippen LogP contribution in [-0.2, 0) is 4.79 Å². The van der Waals surface area contributed by atoms with Gasteiger partial charge in [0.15, 0.2) is 11.8 Å². The third kappa shape index (κ3) is 2.00. The van der Waals surface area contributed by atoms with Gasteiger partial charge in [0, 0.05) is 0 Å². The number of rotatable bonds is 3. The Hall–Kier alpha value is -1.80. The third-order valence-electron chi connectivity index (χ3n) is 2.71. The summed E-state index contributed by atoms with van der Waals surface area (Å²) in [4.78, 5) is 25.6. The van der Waals surface area contributed by atoms with Crippen molar-refractivity contribution < 1.29 is 14.2 Å². The summed E-state index contributed by atoms with van der Waals surface area (Å²) < 4.78 is 1.56. The van der Waals surface area contributed by atoms with Crippen molar-refractivity contribution in [2.45, 2.75) is 12.2 Å². The van der Waals surface area contributed by atoms with Gasteiger partial charge < -0.3 is 0 Å². The Labute approximate surface area is 110 Å². The summed E-state index contributed by atoms with van der Waals surface area (Å²) in [6, 6.07) is -0.318. The van der Waals surface area contributed by atoms with Crippen molar-refractivity contribution >= 4 is 29.4 Å². The first kappa shape index (κ1) is 12.7. The standard InChI is InChI=1S/C13H13N2O2S/c1-3-5-8-14-10-6-9-18-11(10)12(16)15(7-4-2)13(14)17/h4,6,9,11H,2,7-8H2,1H3/q+1. The number of hydrogen-bond donors (Lipinski definition) is 0. The van der Waals surface area contributed by atoms with Gasteiger partial charge in [-0.1, -0.05) is 18.6 Å². The molecule has 0 saturated carbocycles. The van der Waals surface area contributed by atoms with E-state index in [2.05, 4.69) is 18.4 Å². The number of carbonyl (C=O) groups excluding carboxylic acids is 2. The van der Waals surface area contributed by atoms with Crippen LogP contribution in [0.1, 0.15) is 6.92 Å². The van der Waals surface area contributed by atoms with Crippen molar-refractivity contribution in [2.24, 2.45) is 0 Å². The number of imide groups is 1. The molecule has 1 atom stereocenters. The van der Waals surface area contributed by atoms with Gasteiger partial charge in [-0.3, -0.25) is 0 Å². The normalized spacial score (nSPS) is 21.8.